The molecule has 0 aromatic heterocycles. The average molecular weight is 338 g/mol. The smallest absolute Gasteiger partial charge is 0.223 e. The number of hydrogen-bond donors (Lipinski definition) is 1. The monoisotopic (exact) mass is 338 g/mol. The number of nitrogens with zero attached hydrogens (tertiary/aromatic N) is 1. The number of halogens is 1. The summed E-state index contributed by atoms with van der Waals surface area (Å²) in [6.45, 7) is 1.41. The number of fused-ring (bicyclic) bond motifs is 2. The van der Waals surface area contributed by atoms with Crippen molar-refractivity contribution in [3.05, 3.63) is 70.5 Å². The van der Waals surface area contributed by atoms with E-state index in [1.165, 1.54) is 22.8 Å². The van der Waals surface area contributed by atoms with Crippen LogP contribution in [0.4, 0.5) is 4.39 Å². The van der Waals surface area contributed by atoms with Gasteiger partial charge < -0.3 is 5.32 Å². The van der Waals surface area contributed by atoms with Gasteiger partial charge >= 0.3 is 0 Å². The lowest BCUT2D eigenvalue weighted by Gasteiger charge is -2.34. The number of likely N-dealkylation sites (N-methyl/N-ethyl adjacent to an activating group) is 1. The van der Waals surface area contributed by atoms with Crippen molar-refractivity contribution in [2.45, 2.75) is 31.8 Å². The lowest BCUT2D eigenvalue weighted by molar-refractivity contribution is -0.125. The van der Waals surface area contributed by atoms with Crippen LogP contribution in [0.3, 0.4) is 0 Å². The summed E-state index contributed by atoms with van der Waals surface area (Å²) in [5.74, 6) is -0.0134. The molecular formula is C21H23FN2O. The maximum Gasteiger partial charge on any atom is 0.223 e. The van der Waals surface area contributed by atoms with Crippen molar-refractivity contribution in [1.82, 2.24) is 10.2 Å². The van der Waals surface area contributed by atoms with E-state index in [9.17, 15) is 9.18 Å². The molecule has 130 valence electrons. The van der Waals surface area contributed by atoms with E-state index in [0.29, 0.717) is 6.54 Å². The lowest BCUT2D eigenvalue weighted by atomic mass is 9.94. The van der Waals surface area contributed by atoms with Gasteiger partial charge in [0.05, 0.1) is 0 Å². The molecule has 1 amide bonds. The highest BCUT2D eigenvalue weighted by Crippen LogP contribution is 2.27. The van der Waals surface area contributed by atoms with Crippen LogP contribution < -0.4 is 5.32 Å². The quantitative estimate of drug-likeness (QED) is 0.933. The van der Waals surface area contributed by atoms with Crippen LogP contribution in [-0.2, 0) is 30.6 Å². The van der Waals surface area contributed by atoms with Crippen molar-refractivity contribution in [2.24, 2.45) is 5.92 Å². The molecule has 2 aromatic rings. The molecule has 0 spiro atoms. The molecule has 1 heterocycles. The van der Waals surface area contributed by atoms with E-state index in [-0.39, 0.29) is 23.7 Å². The van der Waals surface area contributed by atoms with Crippen molar-refractivity contribution in [2.75, 3.05) is 13.6 Å². The minimum Gasteiger partial charge on any atom is -0.354 e. The molecule has 0 saturated carbocycles. The summed E-state index contributed by atoms with van der Waals surface area (Å²) in [5, 5.41) is 3.13. The standard InChI is InChI=1S/C21H23FN2O/c1-24-13-16-6-7-19(22)10-17(16)11-20(24)12-23-21(25)18-8-14-4-2-3-5-15(14)9-18/h2-7,10,18,20H,8-9,11-13H2,1H3,(H,23,25). The zero-order valence-electron chi connectivity index (χ0n) is 14.5. The number of rotatable bonds is 3. The van der Waals surface area contributed by atoms with Gasteiger partial charge in [-0.3, -0.25) is 9.69 Å². The molecule has 4 rings (SSSR count). The van der Waals surface area contributed by atoms with E-state index in [2.05, 4.69) is 29.4 Å². The topological polar surface area (TPSA) is 32.3 Å². The van der Waals surface area contributed by atoms with Gasteiger partial charge in [-0.1, -0.05) is 30.3 Å². The van der Waals surface area contributed by atoms with Gasteiger partial charge in [0.15, 0.2) is 0 Å². The van der Waals surface area contributed by atoms with Gasteiger partial charge in [-0.15, -0.1) is 0 Å². The van der Waals surface area contributed by atoms with Crippen molar-refractivity contribution in [3.63, 3.8) is 0 Å². The molecule has 1 aliphatic carbocycles. The van der Waals surface area contributed by atoms with Crippen LogP contribution >= 0.6 is 0 Å². The van der Waals surface area contributed by atoms with Gasteiger partial charge in [-0.05, 0) is 60.7 Å². The summed E-state index contributed by atoms with van der Waals surface area (Å²) in [7, 11) is 2.06. The summed E-state index contributed by atoms with van der Waals surface area (Å²) in [6, 6.07) is 13.5. The lowest BCUT2D eigenvalue weighted by Crippen LogP contribution is -2.46. The molecule has 0 fully saturated rings. The molecule has 2 aromatic carbocycles. The molecule has 1 unspecified atom stereocenters. The molecule has 2 aliphatic rings. The molecule has 1 N–H and O–H groups in total. The van der Waals surface area contributed by atoms with Gasteiger partial charge in [0.1, 0.15) is 5.82 Å². The molecule has 0 radical (unpaired) electrons. The summed E-state index contributed by atoms with van der Waals surface area (Å²) in [5.41, 5.74) is 4.83. The van der Waals surface area contributed by atoms with Crippen LogP contribution in [0, 0.1) is 11.7 Å². The third-order valence-corrected chi connectivity index (χ3v) is 5.60. The van der Waals surface area contributed by atoms with Crippen LogP contribution in [-0.4, -0.2) is 30.4 Å². The number of hydrogen-bond acceptors (Lipinski definition) is 2. The number of nitrogens with one attached hydrogen (secondary N) is 1. The molecular weight excluding hydrogens is 315 g/mol. The molecule has 1 aliphatic heterocycles. The van der Waals surface area contributed by atoms with Gasteiger partial charge in [0.25, 0.3) is 0 Å². The van der Waals surface area contributed by atoms with E-state index < -0.39 is 0 Å². The predicted molar refractivity (Wildman–Crippen MR) is 95.7 cm³/mol. The molecule has 4 heteroatoms. The second-order valence-corrected chi connectivity index (χ2v) is 7.31. The fourth-order valence-electron chi connectivity index (χ4n) is 4.08. The van der Waals surface area contributed by atoms with Gasteiger partial charge in [-0.2, -0.15) is 0 Å². The summed E-state index contributed by atoms with van der Waals surface area (Å²) < 4.78 is 13.5. The largest absolute Gasteiger partial charge is 0.354 e. The van der Waals surface area contributed by atoms with Crippen molar-refractivity contribution in [3.8, 4) is 0 Å². The van der Waals surface area contributed by atoms with Crippen LogP contribution in [0.1, 0.15) is 22.3 Å². The Balaban J connectivity index is 1.36. The Morgan fingerprint density at radius 3 is 2.52 bits per heavy atom. The second-order valence-electron chi connectivity index (χ2n) is 7.31. The highest BCUT2D eigenvalue weighted by atomic mass is 19.1. The first-order valence-electron chi connectivity index (χ1n) is 8.92. The minimum atomic E-state index is -0.185. The Labute approximate surface area is 147 Å². The van der Waals surface area contributed by atoms with Crippen LogP contribution in [0.25, 0.3) is 0 Å². The zero-order chi connectivity index (χ0) is 17.4. The molecule has 25 heavy (non-hydrogen) atoms. The number of carbonyl (C=O) groups is 1. The number of benzene rings is 2. The maximum absolute atomic E-state index is 13.5. The second kappa shape index (κ2) is 6.60. The van der Waals surface area contributed by atoms with E-state index in [4.69, 9.17) is 0 Å². The Morgan fingerprint density at radius 1 is 1.08 bits per heavy atom. The van der Waals surface area contributed by atoms with E-state index >= 15 is 0 Å². The van der Waals surface area contributed by atoms with Crippen molar-refractivity contribution >= 4 is 5.91 Å². The SMILES string of the molecule is CN1Cc2ccc(F)cc2CC1CNC(=O)C1Cc2ccccc2C1. The summed E-state index contributed by atoms with van der Waals surface area (Å²) >= 11 is 0. The first-order valence-corrected chi connectivity index (χ1v) is 8.92. The molecule has 0 saturated heterocycles. The Morgan fingerprint density at radius 2 is 1.80 bits per heavy atom. The van der Waals surface area contributed by atoms with Crippen molar-refractivity contribution < 1.29 is 9.18 Å². The summed E-state index contributed by atoms with van der Waals surface area (Å²) in [6.07, 6.45) is 2.43. The zero-order valence-corrected chi connectivity index (χ0v) is 14.5. The highest BCUT2D eigenvalue weighted by Gasteiger charge is 2.29. The number of amides is 1. The third-order valence-electron chi connectivity index (χ3n) is 5.60. The molecule has 1 atom stereocenters. The average Bonchev–Trinajstić information content (AvgIpc) is 3.04. The highest BCUT2D eigenvalue weighted by molar-refractivity contribution is 5.80. The fourth-order valence-corrected chi connectivity index (χ4v) is 4.08. The normalized spacial score (nSPS) is 20.2. The molecule has 0 bridgehead atoms. The van der Waals surface area contributed by atoms with E-state index in [1.54, 1.807) is 6.07 Å². The first-order chi connectivity index (χ1) is 12.1. The number of carbonyl (C=O) groups excluding carboxylic acids is 1. The van der Waals surface area contributed by atoms with Gasteiger partial charge in [0.2, 0.25) is 5.91 Å². The van der Waals surface area contributed by atoms with Crippen molar-refractivity contribution in [1.29, 1.82) is 0 Å². The van der Waals surface area contributed by atoms with E-state index in [1.807, 2.05) is 18.2 Å². The van der Waals surface area contributed by atoms with Crippen LogP contribution in [0.15, 0.2) is 42.5 Å². The van der Waals surface area contributed by atoms with Crippen LogP contribution in [0.5, 0.6) is 0 Å². The van der Waals surface area contributed by atoms with E-state index in [0.717, 1.165) is 31.4 Å². The Kier molecular flexibility index (Phi) is 4.30. The van der Waals surface area contributed by atoms with Gasteiger partial charge in [0, 0.05) is 25.0 Å². The maximum atomic E-state index is 13.5. The van der Waals surface area contributed by atoms with Gasteiger partial charge in [-0.25, -0.2) is 4.39 Å². The molecule has 3 nitrogen and oxygen atoms in total. The fraction of sp³-hybridized carbons (Fsp3) is 0.381. The first kappa shape index (κ1) is 16.3. The predicted octanol–water partition coefficient (Wildman–Crippen LogP) is 2.71. The van der Waals surface area contributed by atoms with Crippen LogP contribution in [0.2, 0.25) is 0 Å². The minimum absolute atomic E-state index is 0.0380. The summed E-state index contributed by atoms with van der Waals surface area (Å²) in [4.78, 5) is 14.8. The Bertz CT molecular complexity index is 779. The third kappa shape index (κ3) is 3.31. The Hall–Kier alpha value is -2.20.